The van der Waals surface area contributed by atoms with Crippen molar-refractivity contribution in [1.82, 2.24) is 10.2 Å². The second-order valence-electron chi connectivity index (χ2n) is 3.80. The summed E-state index contributed by atoms with van der Waals surface area (Å²) in [4.78, 5) is 11.2. The molecule has 18 heavy (non-hydrogen) atoms. The number of benzene rings is 1. The molecule has 0 aliphatic heterocycles. The van der Waals surface area contributed by atoms with E-state index in [1.54, 1.807) is 20.1 Å². The van der Waals surface area contributed by atoms with Crippen LogP contribution in [0.4, 0.5) is 5.82 Å². The number of carbonyl (C=O) groups is 1. The van der Waals surface area contributed by atoms with Gasteiger partial charge in [-0.15, -0.1) is 0 Å². The van der Waals surface area contributed by atoms with Gasteiger partial charge in [0.25, 0.3) is 0 Å². The highest BCUT2D eigenvalue weighted by Crippen LogP contribution is 2.22. The van der Waals surface area contributed by atoms with Gasteiger partial charge in [0.05, 0.1) is 12.8 Å². The normalized spacial score (nSPS) is 10.1. The first-order chi connectivity index (χ1) is 8.72. The van der Waals surface area contributed by atoms with Crippen LogP contribution in [-0.2, 0) is 4.79 Å². The Morgan fingerprint density at radius 2 is 2.11 bits per heavy atom. The summed E-state index contributed by atoms with van der Waals surface area (Å²) in [6, 6.07) is 9.41. The lowest BCUT2D eigenvalue weighted by Gasteiger charge is -2.00. The van der Waals surface area contributed by atoms with Gasteiger partial charge >= 0.3 is 0 Å². The minimum Gasteiger partial charge on any atom is -0.497 e. The third-order valence-corrected chi connectivity index (χ3v) is 2.57. The molecule has 1 aromatic heterocycles. The highest BCUT2D eigenvalue weighted by atomic mass is 16.5. The Morgan fingerprint density at radius 3 is 2.72 bits per heavy atom. The molecule has 0 aliphatic rings. The van der Waals surface area contributed by atoms with Crippen LogP contribution in [0.25, 0.3) is 11.3 Å². The van der Waals surface area contributed by atoms with E-state index in [1.165, 1.54) is 0 Å². The van der Waals surface area contributed by atoms with Crippen LogP contribution < -0.4 is 10.1 Å². The van der Waals surface area contributed by atoms with Crippen molar-refractivity contribution in [1.29, 1.82) is 0 Å². The van der Waals surface area contributed by atoms with Crippen LogP contribution in [0, 0.1) is 0 Å². The summed E-state index contributed by atoms with van der Waals surface area (Å²) in [6.07, 6.45) is 0.435. The number of rotatable bonds is 4. The average molecular weight is 245 g/mol. The second kappa shape index (κ2) is 5.35. The number of aromatic nitrogens is 2. The molecule has 0 fully saturated rings. The molecule has 5 nitrogen and oxygen atoms in total. The zero-order chi connectivity index (χ0) is 13.0. The lowest BCUT2D eigenvalue weighted by Crippen LogP contribution is -2.09. The topological polar surface area (TPSA) is 67.0 Å². The molecule has 0 unspecified atom stereocenters. The van der Waals surface area contributed by atoms with Gasteiger partial charge in [-0.25, -0.2) is 0 Å². The van der Waals surface area contributed by atoms with E-state index in [0.717, 1.165) is 17.0 Å². The molecule has 1 heterocycles. The number of amides is 1. The summed E-state index contributed by atoms with van der Waals surface area (Å²) < 4.78 is 5.09. The molecule has 2 N–H and O–H groups in total. The van der Waals surface area contributed by atoms with Gasteiger partial charge in [0.1, 0.15) is 5.75 Å². The van der Waals surface area contributed by atoms with Gasteiger partial charge in [0.15, 0.2) is 5.82 Å². The maximum absolute atomic E-state index is 11.2. The number of hydrogen-bond donors (Lipinski definition) is 2. The fourth-order valence-corrected chi connectivity index (χ4v) is 1.54. The van der Waals surface area contributed by atoms with Gasteiger partial charge in [0.2, 0.25) is 5.91 Å². The molecule has 2 aromatic rings. The summed E-state index contributed by atoms with van der Waals surface area (Å²) in [5.41, 5.74) is 1.84. The lowest BCUT2D eigenvalue weighted by atomic mass is 10.1. The molecular weight excluding hydrogens is 230 g/mol. The van der Waals surface area contributed by atoms with Crippen LogP contribution in [0.15, 0.2) is 30.3 Å². The van der Waals surface area contributed by atoms with E-state index in [2.05, 4.69) is 15.5 Å². The van der Waals surface area contributed by atoms with Gasteiger partial charge in [0, 0.05) is 12.5 Å². The largest absolute Gasteiger partial charge is 0.497 e. The van der Waals surface area contributed by atoms with E-state index in [9.17, 15) is 4.79 Å². The Kier molecular flexibility index (Phi) is 3.62. The van der Waals surface area contributed by atoms with E-state index in [0.29, 0.717) is 12.2 Å². The number of H-pyrrole nitrogens is 1. The molecule has 94 valence electrons. The van der Waals surface area contributed by atoms with E-state index < -0.39 is 0 Å². The fraction of sp³-hybridized carbons (Fsp3) is 0.231. The molecule has 0 bridgehead atoms. The molecule has 0 radical (unpaired) electrons. The second-order valence-corrected chi connectivity index (χ2v) is 3.80. The fourth-order valence-electron chi connectivity index (χ4n) is 1.54. The first kappa shape index (κ1) is 12.2. The Hall–Kier alpha value is -2.30. The molecule has 0 saturated heterocycles. The van der Waals surface area contributed by atoms with Gasteiger partial charge in [-0.2, -0.15) is 5.10 Å². The van der Waals surface area contributed by atoms with Crippen molar-refractivity contribution in [2.75, 3.05) is 12.4 Å². The molecule has 1 amide bonds. The molecule has 1 aromatic carbocycles. The number of aromatic amines is 1. The van der Waals surface area contributed by atoms with E-state index in [4.69, 9.17) is 4.74 Å². The van der Waals surface area contributed by atoms with Crippen LogP contribution in [0.5, 0.6) is 5.75 Å². The van der Waals surface area contributed by atoms with Crippen LogP contribution in [0.3, 0.4) is 0 Å². The van der Waals surface area contributed by atoms with Crippen LogP contribution in [0.1, 0.15) is 13.3 Å². The first-order valence-corrected chi connectivity index (χ1v) is 5.72. The molecule has 0 atom stereocenters. The quantitative estimate of drug-likeness (QED) is 0.869. The zero-order valence-electron chi connectivity index (χ0n) is 10.4. The standard InChI is InChI=1S/C13H15N3O2/c1-3-13(17)14-12-8-11(15-16-12)9-4-6-10(18-2)7-5-9/h4-8H,3H2,1-2H3,(H2,14,15,16,17). The summed E-state index contributed by atoms with van der Waals surface area (Å²) in [7, 11) is 1.63. The smallest absolute Gasteiger partial charge is 0.225 e. The Morgan fingerprint density at radius 1 is 1.39 bits per heavy atom. The van der Waals surface area contributed by atoms with E-state index in [1.807, 2.05) is 24.3 Å². The minimum absolute atomic E-state index is 0.0530. The first-order valence-electron chi connectivity index (χ1n) is 5.72. The van der Waals surface area contributed by atoms with E-state index in [-0.39, 0.29) is 5.91 Å². The number of nitrogens with zero attached hydrogens (tertiary/aromatic N) is 1. The maximum atomic E-state index is 11.2. The summed E-state index contributed by atoms with van der Waals surface area (Å²) in [5, 5.41) is 9.62. The average Bonchev–Trinajstić information content (AvgIpc) is 2.87. The number of nitrogens with one attached hydrogen (secondary N) is 2. The third-order valence-electron chi connectivity index (χ3n) is 2.57. The SMILES string of the molecule is CCC(=O)Nc1cc(-c2ccc(OC)cc2)[nH]n1. The molecule has 5 heteroatoms. The molecule has 2 rings (SSSR count). The maximum Gasteiger partial charge on any atom is 0.225 e. The number of ether oxygens (including phenoxy) is 1. The van der Waals surface area contributed by atoms with Gasteiger partial charge in [-0.3, -0.25) is 9.89 Å². The van der Waals surface area contributed by atoms with E-state index >= 15 is 0 Å². The highest BCUT2D eigenvalue weighted by molar-refractivity contribution is 5.90. The van der Waals surface area contributed by atoms with Crippen LogP contribution >= 0.6 is 0 Å². The third kappa shape index (κ3) is 2.68. The van der Waals surface area contributed by atoms with Crippen molar-refractivity contribution < 1.29 is 9.53 Å². The van der Waals surface area contributed by atoms with Crippen molar-refractivity contribution in [2.45, 2.75) is 13.3 Å². The van der Waals surface area contributed by atoms with Gasteiger partial charge < -0.3 is 10.1 Å². The van der Waals surface area contributed by atoms with Crippen molar-refractivity contribution in [3.05, 3.63) is 30.3 Å². The number of hydrogen-bond acceptors (Lipinski definition) is 3. The Balaban J connectivity index is 2.15. The molecule has 0 spiro atoms. The highest BCUT2D eigenvalue weighted by Gasteiger charge is 2.05. The van der Waals surface area contributed by atoms with Crippen molar-refractivity contribution in [2.24, 2.45) is 0 Å². The predicted octanol–water partition coefficient (Wildman–Crippen LogP) is 2.43. The molecule has 0 saturated carbocycles. The number of anilines is 1. The molecular formula is C13H15N3O2. The van der Waals surface area contributed by atoms with Crippen LogP contribution in [-0.4, -0.2) is 23.2 Å². The Bertz CT molecular complexity index is 531. The molecule has 0 aliphatic carbocycles. The number of methoxy groups -OCH3 is 1. The predicted molar refractivity (Wildman–Crippen MR) is 69.5 cm³/mol. The zero-order valence-corrected chi connectivity index (χ0v) is 10.4. The number of carbonyl (C=O) groups excluding carboxylic acids is 1. The lowest BCUT2D eigenvalue weighted by molar-refractivity contribution is -0.115. The Labute approximate surface area is 105 Å². The summed E-state index contributed by atoms with van der Waals surface area (Å²) in [5.74, 6) is 1.29. The van der Waals surface area contributed by atoms with Gasteiger partial charge in [-0.05, 0) is 29.8 Å². The van der Waals surface area contributed by atoms with Crippen LogP contribution in [0.2, 0.25) is 0 Å². The van der Waals surface area contributed by atoms with Crippen molar-refractivity contribution >= 4 is 11.7 Å². The van der Waals surface area contributed by atoms with Crippen molar-refractivity contribution in [3.8, 4) is 17.0 Å². The summed E-state index contributed by atoms with van der Waals surface area (Å²) >= 11 is 0. The summed E-state index contributed by atoms with van der Waals surface area (Å²) in [6.45, 7) is 1.80. The minimum atomic E-state index is -0.0530. The monoisotopic (exact) mass is 245 g/mol. The van der Waals surface area contributed by atoms with Crippen molar-refractivity contribution in [3.63, 3.8) is 0 Å². The van der Waals surface area contributed by atoms with Gasteiger partial charge in [-0.1, -0.05) is 6.92 Å².